The SMILES string of the molecule is COC(=O)/C=C/CP(=O)(c1ccccc1)c1ccccc1. The van der Waals surface area contributed by atoms with Crippen molar-refractivity contribution < 1.29 is 14.1 Å². The summed E-state index contributed by atoms with van der Waals surface area (Å²) in [5.41, 5.74) is 0. The number of esters is 1. The summed E-state index contributed by atoms with van der Waals surface area (Å²) in [7, 11) is -1.47. The number of rotatable bonds is 5. The lowest BCUT2D eigenvalue weighted by Crippen LogP contribution is -2.17. The first kappa shape index (κ1) is 15.3. The smallest absolute Gasteiger partial charge is 0.330 e. The van der Waals surface area contributed by atoms with Crippen LogP contribution in [0.1, 0.15) is 0 Å². The molecule has 2 aromatic rings. The first-order valence-corrected chi connectivity index (χ1v) is 8.51. The van der Waals surface area contributed by atoms with E-state index in [1.807, 2.05) is 60.7 Å². The highest BCUT2D eigenvalue weighted by molar-refractivity contribution is 7.78. The summed E-state index contributed by atoms with van der Waals surface area (Å²) in [4.78, 5) is 11.2. The lowest BCUT2D eigenvalue weighted by atomic mass is 10.4. The fraction of sp³-hybridized carbons (Fsp3) is 0.118. The van der Waals surface area contributed by atoms with Gasteiger partial charge in [-0.2, -0.15) is 0 Å². The van der Waals surface area contributed by atoms with Crippen LogP contribution >= 0.6 is 7.14 Å². The molecule has 0 heterocycles. The Morgan fingerprint density at radius 3 is 1.90 bits per heavy atom. The Balaban J connectivity index is 2.39. The van der Waals surface area contributed by atoms with E-state index >= 15 is 0 Å². The van der Waals surface area contributed by atoms with Crippen LogP contribution in [0.2, 0.25) is 0 Å². The molecule has 0 fully saturated rings. The first-order valence-electron chi connectivity index (χ1n) is 6.61. The number of allylic oxidation sites excluding steroid dienone is 1. The quantitative estimate of drug-likeness (QED) is 0.484. The highest BCUT2D eigenvalue weighted by atomic mass is 31.2. The molecule has 2 rings (SSSR count). The maximum atomic E-state index is 13.5. The molecule has 0 spiro atoms. The number of hydrogen-bond acceptors (Lipinski definition) is 3. The molecule has 0 N–H and O–H groups in total. The van der Waals surface area contributed by atoms with Gasteiger partial charge in [0.05, 0.1) is 7.11 Å². The zero-order valence-corrected chi connectivity index (χ0v) is 12.7. The largest absolute Gasteiger partial charge is 0.466 e. The van der Waals surface area contributed by atoms with Crippen LogP contribution in [0, 0.1) is 0 Å². The summed E-state index contributed by atoms with van der Waals surface area (Å²) in [5, 5.41) is 1.57. The fourth-order valence-electron chi connectivity index (χ4n) is 2.06. The molecule has 0 aliphatic rings. The van der Waals surface area contributed by atoms with Crippen molar-refractivity contribution in [1.29, 1.82) is 0 Å². The van der Waals surface area contributed by atoms with Gasteiger partial charge in [-0.3, -0.25) is 0 Å². The summed E-state index contributed by atoms with van der Waals surface area (Å²) < 4.78 is 18.0. The van der Waals surface area contributed by atoms with Gasteiger partial charge in [-0.1, -0.05) is 66.7 Å². The Morgan fingerprint density at radius 2 is 1.48 bits per heavy atom. The fourth-order valence-corrected chi connectivity index (χ4v) is 4.49. The molecule has 0 aromatic heterocycles. The van der Waals surface area contributed by atoms with Gasteiger partial charge < -0.3 is 9.30 Å². The number of methoxy groups -OCH3 is 1. The van der Waals surface area contributed by atoms with E-state index in [0.29, 0.717) is 0 Å². The second-order valence-electron chi connectivity index (χ2n) is 4.52. The van der Waals surface area contributed by atoms with E-state index in [0.717, 1.165) is 10.6 Å². The van der Waals surface area contributed by atoms with Gasteiger partial charge in [0.2, 0.25) is 0 Å². The Kier molecular flexibility index (Phi) is 5.13. The molecule has 0 saturated heterocycles. The van der Waals surface area contributed by atoms with Gasteiger partial charge in [0.15, 0.2) is 0 Å². The first-order chi connectivity index (χ1) is 10.2. The van der Waals surface area contributed by atoms with Gasteiger partial charge in [-0.05, 0) is 0 Å². The van der Waals surface area contributed by atoms with Crippen molar-refractivity contribution in [3.63, 3.8) is 0 Å². The Hall–Kier alpha value is -2.12. The predicted octanol–water partition coefficient (Wildman–Crippen LogP) is 2.73. The lowest BCUT2D eigenvalue weighted by molar-refractivity contribution is -0.134. The predicted molar refractivity (Wildman–Crippen MR) is 85.8 cm³/mol. The molecular weight excluding hydrogens is 283 g/mol. The summed E-state index contributed by atoms with van der Waals surface area (Å²) in [6.07, 6.45) is 3.22. The normalized spacial score (nSPS) is 11.5. The van der Waals surface area contributed by atoms with Crippen molar-refractivity contribution in [1.82, 2.24) is 0 Å². The topological polar surface area (TPSA) is 43.4 Å². The van der Waals surface area contributed by atoms with Crippen LogP contribution in [-0.2, 0) is 14.1 Å². The molecule has 21 heavy (non-hydrogen) atoms. The van der Waals surface area contributed by atoms with Gasteiger partial charge in [0, 0.05) is 22.8 Å². The van der Waals surface area contributed by atoms with Crippen LogP contribution < -0.4 is 10.6 Å². The van der Waals surface area contributed by atoms with Crippen molar-refractivity contribution in [3.05, 3.63) is 72.8 Å². The zero-order chi connectivity index (χ0) is 15.1. The van der Waals surface area contributed by atoms with Crippen LogP contribution in [0.15, 0.2) is 72.8 Å². The van der Waals surface area contributed by atoms with Crippen LogP contribution in [0.3, 0.4) is 0 Å². The number of hydrogen-bond donors (Lipinski definition) is 0. The highest BCUT2D eigenvalue weighted by Crippen LogP contribution is 2.43. The van der Waals surface area contributed by atoms with Gasteiger partial charge in [-0.15, -0.1) is 0 Å². The number of carbonyl (C=O) groups excluding carboxylic acids is 1. The molecule has 0 unspecified atom stereocenters. The summed E-state index contributed by atoms with van der Waals surface area (Å²) in [6, 6.07) is 18.7. The third-order valence-electron chi connectivity index (χ3n) is 3.16. The minimum atomic E-state index is -2.79. The summed E-state index contributed by atoms with van der Waals surface area (Å²) in [6.45, 7) is 0. The second kappa shape index (κ2) is 7.05. The summed E-state index contributed by atoms with van der Waals surface area (Å²) >= 11 is 0. The Labute approximate surface area is 124 Å². The molecule has 4 heteroatoms. The average molecular weight is 300 g/mol. The van der Waals surface area contributed by atoms with Crippen molar-refractivity contribution in [3.8, 4) is 0 Å². The molecule has 3 nitrogen and oxygen atoms in total. The van der Waals surface area contributed by atoms with E-state index < -0.39 is 13.1 Å². The molecule has 0 atom stereocenters. The maximum Gasteiger partial charge on any atom is 0.330 e. The minimum absolute atomic E-state index is 0.288. The number of benzene rings is 2. The van der Waals surface area contributed by atoms with E-state index in [4.69, 9.17) is 0 Å². The molecule has 0 aliphatic carbocycles. The Morgan fingerprint density at radius 1 is 1.00 bits per heavy atom. The van der Waals surface area contributed by atoms with Gasteiger partial charge in [0.1, 0.15) is 7.14 Å². The van der Waals surface area contributed by atoms with Crippen molar-refractivity contribution in [2.75, 3.05) is 13.3 Å². The van der Waals surface area contributed by atoms with E-state index in [1.54, 1.807) is 6.08 Å². The van der Waals surface area contributed by atoms with E-state index in [-0.39, 0.29) is 6.16 Å². The van der Waals surface area contributed by atoms with Gasteiger partial charge >= 0.3 is 5.97 Å². The zero-order valence-electron chi connectivity index (χ0n) is 11.8. The number of carbonyl (C=O) groups is 1. The van der Waals surface area contributed by atoms with Crippen molar-refractivity contribution in [2.45, 2.75) is 0 Å². The summed E-state index contributed by atoms with van der Waals surface area (Å²) in [5.74, 6) is -0.442. The molecule has 2 aromatic carbocycles. The van der Waals surface area contributed by atoms with E-state index in [2.05, 4.69) is 4.74 Å². The minimum Gasteiger partial charge on any atom is -0.466 e. The molecular formula is C17H17O3P. The van der Waals surface area contributed by atoms with E-state index in [9.17, 15) is 9.36 Å². The lowest BCUT2D eigenvalue weighted by Gasteiger charge is -2.17. The maximum absolute atomic E-state index is 13.5. The average Bonchev–Trinajstić information content (AvgIpc) is 2.56. The van der Waals surface area contributed by atoms with Crippen molar-refractivity contribution >= 4 is 23.7 Å². The molecule has 0 radical (unpaired) electrons. The number of ether oxygens (including phenoxy) is 1. The molecule has 0 bridgehead atoms. The third kappa shape index (κ3) is 3.71. The van der Waals surface area contributed by atoms with Crippen molar-refractivity contribution in [2.24, 2.45) is 0 Å². The van der Waals surface area contributed by atoms with E-state index in [1.165, 1.54) is 13.2 Å². The van der Waals surface area contributed by atoms with Crippen LogP contribution in [0.4, 0.5) is 0 Å². The molecule has 0 aliphatic heterocycles. The highest BCUT2D eigenvalue weighted by Gasteiger charge is 2.25. The van der Waals surface area contributed by atoms with Crippen LogP contribution in [-0.4, -0.2) is 19.2 Å². The molecule has 108 valence electrons. The Bertz CT molecular complexity index is 619. The third-order valence-corrected chi connectivity index (χ3v) is 6.15. The monoisotopic (exact) mass is 300 g/mol. The molecule has 0 amide bonds. The van der Waals surface area contributed by atoms with Gasteiger partial charge in [-0.25, -0.2) is 4.79 Å². The van der Waals surface area contributed by atoms with Crippen LogP contribution in [0.25, 0.3) is 0 Å². The van der Waals surface area contributed by atoms with Gasteiger partial charge in [0.25, 0.3) is 0 Å². The van der Waals surface area contributed by atoms with Crippen LogP contribution in [0.5, 0.6) is 0 Å². The molecule has 0 saturated carbocycles. The standard InChI is InChI=1S/C17H17O3P/c1-20-17(18)13-8-14-21(19,15-9-4-2-5-10-15)16-11-6-3-7-12-16/h2-13H,14H2,1H3/b13-8+. The second-order valence-corrected chi connectivity index (χ2v) is 7.40.